The van der Waals surface area contributed by atoms with Crippen molar-refractivity contribution in [3.63, 3.8) is 0 Å². The van der Waals surface area contributed by atoms with Gasteiger partial charge in [-0.15, -0.1) is 0 Å². The molecule has 0 aliphatic heterocycles. The molecule has 0 heterocycles. The molecule has 0 spiro atoms. The lowest BCUT2D eigenvalue weighted by Crippen LogP contribution is -2.52. The van der Waals surface area contributed by atoms with Gasteiger partial charge in [0.2, 0.25) is 21.8 Å². The average Bonchev–Trinajstić information content (AvgIpc) is 2.66. The van der Waals surface area contributed by atoms with E-state index in [1.807, 2.05) is 19.9 Å². The van der Waals surface area contributed by atoms with Crippen LogP contribution in [0.5, 0.6) is 0 Å². The van der Waals surface area contributed by atoms with Gasteiger partial charge >= 0.3 is 5.97 Å². The highest BCUT2D eigenvalue weighted by Gasteiger charge is 2.29. The van der Waals surface area contributed by atoms with Gasteiger partial charge in [-0.2, -0.15) is 0 Å². The number of unbranched alkanes of at least 4 members (excludes halogenated alkanes) is 1. The number of carbonyl (C=O) groups is 3. The van der Waals surface area contributed by atoms with Crippen molar-refractivity contribution in [3.8, 4) is 0 Å². The second kappa shape index (κ2) is 13.1. The zero-order valence-electron chi connectivity index (χ0n) is 18.3. The Morgan fingerprint density at radius 2 is 1.68 bits per heavy atom. The molecule has 1 aromatic rings. The molecule has 0 aliphatic carbocycles. The van der Waals surface area contributed by atoms with E-state index in [4.69, 9.17) is 0 Å². The van der Waals surface area contributed by atoms with E-state index in [9.17, 15) is 27.9 Å². The highest BCUT2D eigenvalue weighted by atomic mass is 32.2. The van der Waals surface area contributed by atoms with Crippen LogP contribution in [-0.4, -0.2) is 55.7 Å². The maximum absolute atomic E-state index is 12.8. The molecule has 174 valence electrons. The van der Waals surface area contributed by atoms with Gasteiger partial charge in [-0.05, 0) is 30.7 Å². The van der Waals surface area contributed by atoms with Crippen LogP contribution in [-0.2, 0) is 30.8 Å². The zero-order valence-corrected chi connectivity index (χ0v) is 19.1. The molecule has 0 unspecified atom stereocenters. The van der Waals surface area contributed by atoms with Crippen LogP contribution in [0.2, 0.25) is 0 Å². The number of hydrogen-bond donors (Lipinski definition) is 4. The standard InChI is InChI=1S/C21H33N3O6S/c1-15(2)13-18(24-31(29,30)12-8-7-11-22-16(3)25)20(26)23-19(21(27)28)14-17-9-5-4-6-10-17/h4-6,9-10,15,18-19,24H,7-8,11-14H2,1-3H3,(H,22,25)(H,23,26)(H,27,28)/t18-,19-/m0/s1. The Hall–Kier alpha value is -2.46. The van der Waals surface area contributed by atoms with E-state index in [2.05, 4.69) is 15.4 Å². The van der Waals surface area contributed by atoms with Gasteiger partial charge in [-0.25, -0.2) is 17.9 Å². The van der Waals surface area contributed by atoms with Crippen LogP contribution in [0, 0.1) is 5.92 Å². The molecule has 0 radical (unpaired) electrons. The Balaban J connectivity index is 2.76. The van der Waals surface area contributed by atoms with Crippen LogP contribution in [0.1, 0.15) is 45.6 Å². The summed E-state index contributed by atoms with van der Waals surface area (Å²) in [6.07, 6.45) is 1.12. The van der Waals surface area contributed by atoms with E-state index in [1.54, 1.807) is 24.3 Å². The second-order valence-corrected chi connectivity index (χ2v) is 9.77. The zero-order chi connectivity index (χ0) is 23.4. The molecule has 0 bridgehead atoms. The largest absolute Gasteiger partial charge is 0.480 e. The molecule has 2 atom stereocenters. The molecule has 31 heavy (non-hydrogen) atoms. The summed E-state index contributed by atoms with van der Waals surface area (Å²) < 4.78 is 27.3. The van der Waals surface area contributed by atoms with Gasteiger partial charge in [0.15, 0.2) is 0 Å². The summed E-state index contributed by atoms with van der Waals surface area (Å²) >= 11 is 0. The molecular weight excluding hydrogens is 422 g/mol. The van der Waals surface area contributed by atoms with Crippen LogP contribution in [0.25, 0.3) is 0 Å². The minimum Gasteiger partial charge on any atom is -0.480 e. The van der Waals surface area contributed by atoms with Gasteiger partial charge in [-0.1, -0.05) is 44.2 Å². The van der Waals surface area contributed by atoms with Crippen molar-refractivity contribution in [1.82, 2.24) is 15.4 Å². The van der Waals surface area contributed by atoms with Crippen molar-refractivity contribution in [3.05, 3.63) is 35.9 Å². The van der Waals surface area contributed by atoms with Gasteiger partial charge in [0, 0.05) is 19.9 Å². The Labute approximate surface area is 184 Å². The first-order valence-electron chi connectivity index (χ1n) is 10.3. The quantitative estimate of drug-likeness (QED) is 0.309. The van der Waals surface area contributed by atoms with Gasteiger partial charge in [0.25, 0.3) is 0 Å². The number of amides is 2. The fourth-order valence-corrected chi connectivity index (χ4v) is 4.30. The number of benzene rings is 1. The van der Waals surface area contributed by atoms with Crippen molar-refractivity contribution in [2.24, 2.45) is 5.92 Å². The molecule has 1 rings (SSSR count). The third kappa shape index (κ3) is 11.5. The van der Waals surface area contributed by atoms with E-state index in [-0.39, 0.29) is 30.4 Å². The third-order valence-corrected chi connectivity index (χ3v) is 5.93. The Morgan fingerprint density at radius 1 is 1.03 bits per heavy atom. The number of carboxylic acid groups (broad SMARTS) is 1. The van der Waals surface area contributed by atoms with Crippen molar-refractivity contribution in [1.29, 1.82) is 0 Å². The van der Waals surface area contributed by atoms with Gasteiger partial charge < -0.3 is 15.7 Å². The van der Waals surface area contributed by atoms with E-state index < -0.39 is 34.0 Å². The lowest BCUT2D eigenvalue weighted by Gasteiger charge is -2.23. The molecule has 2 amide bonds. The van der Waals surface area contributed by atoms with E-state index in [0.29, 0.717) is 19.4 Å². The predicted octanol–water partition coefficient (Wildman–Crippen LogP) is 1.05. The first kappa shape index (κ1) is 26.6. The van der Waals surface area contributed by atoms with E-state index in [1.165, 1.54) is 6.92 Å². The lowest BCUT2D eigenvalue weighted by molar-refractivity contribution is -0.142. The molecule has 0 fully saturated rings. The maximum atomic E-state index is 12.8. The number of carboxylic acids is 1. The topological polar surface area (TPSA) is 142 Å². The summed E-state index contributed by atoms with van der Waals surface area (Å²) in [7, 11) is -3.76. The predicted molar refractivity (Wildman–Crippen MR) is 118 cm³/mol. The summed E-state index contributed by atoms with van der Waals surface area (Å²) in [5.74, 6) is -2.23. The number of rotatable bonds is 14. The monoisotopic (exact) mass is 455 g/mol. The normalized spacial score (nSPS) is 13.4. The van der Waals surface area contributed by atoms with E-state index in [0.717, 1.165) is 5.56 Å². The average molecular weight is 456 g/mol. The molecule has 9 nitrogen and oxygen atoms in total. The maximum Gasteiger partial charge on any atom is 0.326 e. The summed E-state index contributed by atoms with van der Waals surface area (Å²) in [5.41, 5.74) is 0.746. The third-order valence-electron chi connectivity index (χ3n) is 4.46. The molecule has 0 aromatic heterocycles. The SMILES string of the molecule is CC(=O)NCCCCS(=O)(=O)N[C@@H](CC(C)C)C(=O)N[C@@H](Cc1ccccc1)C(=O)O. The van der Waals surface area contributed by atoms with Crippen LogP contribution >= 0.6 is 0 Å². The number of hydrogen-bond acceptors (Lipinski definition) is 5. The molecule has 0 aliphatic rings. The van der Waals surface area contributed by atoms with Crippen molar-refractivity contribution >= 4 is 27.8 Å². The summed E-state index contributed by atoms with van der Waals surface area (Å²) in [6.45, 7) is 5.46. The Morgan fingerprint density at radius 3 is 2.23 bits per heavy atom. The van der Waals surface area contributed by atoms with E-state index >= 15 is 0 Å². The lowest BCUT2D eigenvalue weighted by atomic mass is 10.0. The molecular formula is C21H33N3O6S. The number of aliphatic carboxylic acids is 1. The minimum atomic E-state index is -3.76. The first-order valence-corrected chi connectivity index (χ1v) is 12.0. The van der Waals surface area contributed by atoms with Crippen LogP contribution < -0.4 is 15.4 Å². The number of sulfonamides is 1. The summed E-state index contributed by atoms with van der Waals surface area (Å²) in [6, 6.07) is 6.63. The van der Waals surface area contributed by atoms with Crippen LogP contribution in [0.4, 0.5) is 0 Å². The van der Waals surface area contributed by atoms with Gasteiger partial charge in [0.1, 0.15) is 12.1 Å². The van der Waals surface area contributed by atoms with Crippen LogP contribution in [0.3, 0.4) is 0 Å². The first-order chi connectivity index (χ1) is 14.5. The Kier molecular flexibility index (Phi) is 11.2. The highest BCUT2D eigenvalue weighted by Crippen LogP contribution is 2.09. The van der Waals surface area contributed by atoms with Gasteiger partial charge in [-0.3, -0.25) is 9.59 Å². The summed E-state index contributed by atoms with van der Waals surface area (Å²) in [5, 5.41) is 14.6. The molecule has 0 saturated carbocycles. The second-order valence-electron chi connectivity index (χ2n) is 7.90. The number of nitrogens with one attached hydrogen (secondary N) is 3. The fourth-order valence-electron chi connectivity index (χ4n) is 2.96. The van der Waals surface area contributed by atoms with Crippen molar-refractivity contribution < 1.29 is 27.9 Å². The Bertz CT molecular complexity index is 827. The van der Waals surface area contributed by atoms with Crippen molar-refractivity contribution in [2.75, 3.05) is 12.3 Å². The molecule has 0 saturated heterocycles. The molecule has 4 N–H and O–H groups in total. The van der Waals surface area contributed by atoms with Crippen LogP contribution in [0.15, 0.2) is 30.3 Å². The highest BCUT2D eigenvalue weighted by molar-refractivity contribution is 7.89. The molecule has 1 aromatic carbocycles. The van der Waals surface area contributed by atoms with Crippen molar-refractivity contribution in [2.45, 2.75) is 58.5 Å². The smallest absolute Gasteiger partial charge is 0.326 e. The molecule has 10 heteroatoms. The fraction of sp³-hybridized carbons (Fsp3) is 0.571. The number of carbonyl (C=O) groups excluding carboxylic acids is 2. The van der Waals surface area contributed by atoms with Gasteiger partial charge in [0.05, 0.1) is 5.75 Å². The minimum absolute atomic E-state index is 0.00983. The summed E-state index contributed by atoms with van der Waals surface area (Å²) in [4.78, 5) is 35.3.